The van der Waals surface area contributed by atoms with Crippen molar-refractivity contribution in [3.8, 4) is 0 Å². The fourth-order valence-corrected chi connectivity index (χ4v) is 3.99. The second-order valence-corrected chi connectivity index (χ2v) is 8.17. The quantitative estimate of drug-likeness (QED) is 0.595. The van der Waals surface area contributed by atoms with Crippen molar-refractivity contribution < 1.29 is 22.5 Å². The molecule has 10 heteroatoms. The maximum atomic E-state index is 13.8. The Balaban J connectivity index is 1.50. The number of nitrogens with zero attached hydrogens (tertiary/aromatic N) is 5. The van der Waals surface area contributed by atoms with E-state index in [9.17, 15) is 18.0 Å². The molecule has 1 aliphatic rings. The molecule has 7 nitrogen and oxygen atoms in total. The van der Waals surface area contributed by atoms with Gasteiger partial charge in [0.2, 0.25) is 5.91 Å². The van der Waals surface area contributed by atoms with E-state index in [-0.39, 0.29) is 34.5 Å². The second kappa shape index (κ2) is 8.32. The summed E-state index contributed by atoms with van der Waals surface area (Å²) in [6.07, 6.45) is 0.308. The number of halogens is 3. The molecule has 1 aliphatic heterocycles. The number of piperidine rings is 1. The van der Waals surface area contributed by atoms with Gasteiger partial charge in [0.05, 0.1) is 16.6 Å². The first kappa shape index (κ1) is 21.3. The predicted octanol–water partition coefficient (Wildman–Crippen LogP) is 4.36. The topological polar surface area (TPSA) is 77.0 Å². The third-order valence-electron chi connectivity index (χ3n) is 5.74. The zero-order valence-electron chi connectivity index (χ0n) is 17.4. The van der Waals surface area contributed by atoms with E-state index in [1.165, 1.54) is 0 Å². The number of aromatic nitrogens is 4. The first-order chi connectivity index (χ1) is 14.7. The molecular weight excluding hydrogens is 411 g/mol. The Morgan fingerprint density at radius 2 is 2.03 bits per heavy atom. The molecule has 0 N–H and O–H groups in total. The molecule has 3 aromatic heterocycles. The largest absolute Gasteiger partial charge is 0.417 e. The van der Waals surface area contributed by atoms with Crippen LogP contribution in [0.2, 0.25) is 0 Å². The minimum absolute atomic E-state index is 0.0122. The van der Waals surface area contributed by atoms with Gasteiger partial charge in [0.25, 0.3) is 5.71 Å². The minimum Gasteiger partial charge on any atom is -0.343 e. The normalized spacial score (nSPS) is 15.9. The molecule has 0 aliphatic carbocycles. The summed E-state index contributed by atoms with van der Waals surface area (Å²) in [7, 11) is 0. The van der Waals surface area contributed by atoms with E-state index >= 15 is 0 Å². The lowest BCUT2D eigenvalue weighted by molar-refractivity contribution is -0.136. The zero-order chi connectivity index (χ0) is 22.2. The van der Waals surface area contributed by atoms with Crippen molar-refractivity contribution in [1.82, 2.24) is 24.8 Å². The summed E-state index contributed by atoms with van der Waals surface area (Å²) in [5, 5.41) is 8.01. The van der Waals surface area contributed by atoms with E-state index in [0.717, 1.165) is 6.07 Å². The summed E-state index contributed by atoms with van der Waals surface area (Å²) in [5.41, 5.74) is -0.227. The number of hydrogen-bond donors (Lipinski definition) is 0. The molecule has 0 saturated carbocycles. The maximum absolute atomic E-state index is 13.8. The number of amides is 1. The third kappa shape index (κ3) is 4.42. The third-order valence-corrected chi connectivity index (χ3v) is 5.74. The molecule has 0 atom stereocenters. The summed E-state index contributed by atoms with van der Waals surface area (Å²) in [5.74, 6) is -0.377. The van der Waals surface area contributed by atoms with Crippen LogP contribution in [0.4, 0.5) is 13.2 Å². The smallest absolute Gasteiger partial charge is 0.343 e. The van der Waals surface area contributed by atoms with Gasteiger partial charge in [-0.1, -0.05) is 19.0 Å². The summed E-state index contributed by atoms with van der Waals surface area (Å²) >= 11 is 0. The number of aryl methyl sites for hydroxylation is 1. The lowest BCUT2D eigenvalue weighted by atomic mass is 9.90. The van der Waals surface area contributed by atoms with Crippen LogP contribution in [0.3, 0.4) is 0 Å². The summed E-state index contributed by atoms with van der Waals surface area (Å²) in [6, 6.07) is 2.90. The van der Waals surface area contributed by atoms with Crippen molar-refractivity contribution in [3.05, 3.63) is 41.5 Å². The number of likely N-dealkylation sites (tertiary alicyclic amines) is 1. The van der Waals surface area contributed by atoms with Crippen LogP contribution in [0.15, 0.2) is 29.0 Å². The van der Waals surface area contributed by atoms with Gasteiger partial charge in [-0.2, -0.15) is 18.3 Å². The van der Waals surface area contributed by atoms with Crippen molar-refractivity contribution >= 4 is 17.0 Å². The van der Waals surface area contributed by atoms with Crippen LogP contribution in [0, 0.1) is 0 Å². The SMILES string of the molecule is CC(C)c1cc(C(F)(F)F)c2c(C3CCN(C(=O)CCn4cccn4)CC3)noc2n1. The molecule has 1 amide bonds. The molecule has 3 aromatic rings. The number of carbonyl (C=O) groups is 1. The molecular formula is C21H24F3N5O2. The number of rotatable bonds is 5. The molecule has 0 unspecified atom stereocenters. The molecule has 0 aromatic carbocycles. The predicted molar refractivity (Wildman–Crippen MR) is 106 cm³/mol. The highest BCUT2D eigenvalue weighted by molar-refractivity contribution is 5.82. The molecule has 31 heavy (non-hydrogen) atoms. The number of hydrogen-bond acceptors (Lipinski definition) is 5. The van der Waals surface area contributed by atoms with Crippen LogP contribution in [-0.4, -0.2) is 43.8 Å². The van der Waals surface area contributed by atoms with Crippen LogP contribution in [0.5, 0.6) is 0 Å². The molecule has 0 spiro atoms. The number of alkyl halides is 3. The molecule has 0 radical (unpaired) electrons. The Hall–Kier alpha value is -2.91. The Morgan fingerprint density at radius 1 is 1.29 bits per heavy atom. The molecule has 1 saturated heterocycles. The monoisotopic (exact) mass is 435 g/mol. The van der Waals surface area contributed by atoms with Gasteiger partial charge in [-0.15, -0.1) is 0 Å². The van der Waals surface area contributed by atoms with Crippen molar-refractivity contribution in [3.63, 3.8) is 0 Å². The van der Waals surface area contributed by atoms with Crippen LogP contribution in [0.1, 0.15) is 61.9 Å². The first-order valence-electron chi connectivity index (χ1n) is 10.4. The van der Waals surface area contributed by atoms with Crippen LogP contribution in [0.25, 0.3) is 11.1 Å². The average molecular weight is 435 g/mol. The fourth-order valence-electron chi connectivity index (χ4n) is 3.99. The first-order valence-corrected chi connectivity index (χ1v) is 10.4. The van der Waals surface area contributed by atoms with Gasteiger partial charge in [0, 0.05) is 50.1 Å². The van der Waals surface area contributed by atoms with Crippen molar-refractivity contribution in [2.75, 3.05) is 13.1 Å². The van der Waals surface area contributed by atoms with Crippen molar-refractivity contribution in [2.45, 2.75) is 57.7 Å². The zero-order valence-corrected chi connectivity index (χ0v) is 17.4. The fraction of sp³-hybridized carbons (Fsp3) is 0.524. The van der Waals surface area contributed by atoms with Gasteiger partial charge < -0.3 is 9.42 Å². The maximum Gasteiger partial charge on any atom is 0.417 e. The Morgan fingerprint density at radius 3 is 2.65 bits per heavy atom. The van der Waals surface area contributed by atoms with Gasteiger partial charge in [-0.05, 0) is 30.9 Å². The number of carbonyl (C=O) groups excluding carboxylic acids is 1. The Bertz CT molecular complexity index is 1050. The highest BCUT2D eigenvalue weighted by Crippen LogP contribution is 2.41. The summed E-state index contributed by atoms with van der Waals surface area (Å²) in [6.45, 7) is 5.00. The van der Waals surface area contributed by atoms with Gasteiger partial charge in [-0.25, -0.2) is 4.98 Å². The molecule has 0 bridgehead atoms. The van der Waals surface area contributed by atoms with Crippen molar-refractivity contribution in [1.29, 1.82) is 0 Å². The van der Waals surface area contributed by atoms with Crippen LogP contribution >= 0.6 is 0 Å². The molecule has 4 heterocycles. The Labute approximate surface area is 177 Å². The Kier molecular flexibility index (Phi) is 5.72. The number of fused-ring (bicyclic) bond motifs is 1. The van der Waals surface area contributed by atoms with Crippen LogP contribution in [-0.2, 0) is 17.5 Å². The molecule has 166 valence electrons. The van der Waals surface area contributed by atoms with E-state index in [0.29, 0.717) is 44.6 Å². The van der Waals surface area contributed by atoms with Gasteiger partial charge in [-0.3, -0.25) is 9.48 Å². The van der Waals surface area contributed by atoms with Crippen molar-refractivity contribution in [2.24, 2.45) is 0 Å². The van der Waals surface area contributed by atoms with E-state index in [2.05, 4.69) is 15.2 Å². The van der Waals surface area contributed by atoms with Gasteiger partial charge in [0.15, 0.2) is 0 Å². The molecule has 4 rings (SSSR count). The number of pyridine rings is 1. The van der Waals surface area contributed by atoms with E-state index < -0.39 is 11.7 Å². The summed E-state index contributed by atoms with van der Waals surface area (Å²) in [4.78, 5) is 18.5. The highest BCUT2D eigenvalue weighted by atomic mass is 19.4. The van der Waals surface area contributed by atoms with E-state index in [4.69, 9.17) is 4.52 Å². The van der Waals surface area contributed by atoms with Crippen LogP contribution < -0.4 is 0 Å². The van der Waals surface area contributed by atoms with Gasteiger partial charge in [0.1, 0.15) is 0 Å². The highest BCUT2D eigenvalue weighted by Gasteiger charge is 2.38. The lowest BCUT2D eigenvalue weighted by Crippen LogP contribution is -2.38. The summed E-state index contributed by atoms with van der Waals surface area (Å²) < 4.78 is 48.3. The van der Waals surface area contributed by atoms with E-state index in [1.54, 1.807) is 41.9 Å². The minimum atomic E-state index is -4.53. The standard InChI is InChI=1S/C21H24F3N5O2/c1-13(2)16-12-15(21(22,23)24)18-19(27-31-20(18)26-16)14-4-9-28(10-5-14)17(30)6-11-29-8-3-7-25-29/h3,7-8,12-14H,4-6,9-11H2,1-2H3. The second-order valence-electron chi connectivity index (χ2n) is 8.17. The molecule has 1 fully saturated rings. The lowest BCUT2D eigenvalue weighted by Gasteiger charge is -2.31. The van der Waals surface area contributed by atoms with E-state index in [1.807, 2.05) is 0 Å². The average Bonchev–Trinajstić information content (AvgIpc) is 3.40. The van der Waals surface area contributed by atoms with Gasteiger partial charge >= 0.3 is 6.18 Å².